The molecule has 1 heterocycles. The minimum atomic E-state index is -0.468. The average molecular weight is 443 g/mol. The molecule has 3 aromatic rings. The number of benzene rings is 2. The predicted molar refractivity (Wildman–Crippen MR) is 113 cm³/mol. The normalized spacial score (nSPS) is 11.6. The molecular formula is C20H19BrN4O3. The molecule has 3 rings (SSSR count). The zero-order chi connectivity index (χ0) is 20.3. The number of aromatic nitrogens is 2. The van der Waals surface area contributed by atoms with E-state index in [1.165, 1.54) is 16.8 Å². The highest BCUT2D eigenvalue weighted by atomic mass is 79.9. The summed E-state index contributed by atoms with van der Waals surface area (Å²) >= 11 is 3.42. The van der Waals surface area contributed by atoms with Crippen molar-refractivity contribution in [3.05, 3.63) is 84.7 Å². The fraction of sp³-hybridized carbons (Fsp3) is 0.200. The van der Waals surface area contributed by atoms with Crippen molar-refractivity contribution in [1.29, 1.82) is 0 Å². The molecule has 0 radical (unpaired) electrons. The zero-order valence-electron chi connectivity index (χ0n) is 15.5. The Labute approximate surface area is 170 Å². The number of aryl methyl sites for hydroxylation is 1. The molecule has 0 saturated carbocycles. The number of nitrogens with one attached hydrogen (secondary N) is 1. The lowest BCUT2D eigenvalue weighted by Gasteiger charge is -2.01. The third-order valence-electron chi connectivity index (χ3n) is 4.25. The molecule has 0 amide bonds. The Kier molecular flexibility index (Phi) is 5.89. The molecule has 0 fully saturated rings. The van der Waals surface area contributed by atoms with Gasteiger partial charge in [0, 0.05) is 22.3 Å². The number of nitro benzene ring substituents is 1. The van der Waals surface area contributed by atoms with Crippen LogP contribution in [0.15, 0.2) is 62.8 Å². The van der Waals surface area contributed by atoms with Crippen molar-refractivity contribution in [3.63, 3.8) is 0 Å². The number of halogens is 1. The molecule has 0 aliphatic heterocycles. The van der Waals surface area contributed by atoms with Crippen LogP contribution in [0.5, 0.6) is 0 Å². The largest absolute Gasteiger partial charge is 0.294 e. The van der Waals surface area contributed by atoms with Gasteiger partial charge in [0.05, 0.1) is 27.6 Å². The first-order valence-corrected chi connectivity index (χ1v) is 9.60. The van der Waals surface area contributed by atoms with Crippen LogP contribution >= 0.6 is 15.9 Å². The van der Waals surface area contributed by atoms with E-state index < -0.39 is 4.92 Å². The van der Waals surface area contributed by atoms with E-state index in [9.17, 15) is 14.9 Å². The number of nitrogens with zero attached hydrogens (tertiary/aromatic N) is 3. The van der Waals surface area contributed by atoms with Gasteiger partial charge in [0.15, 0.2) is 0 Å². The van der Waals surface area contributed by atoms with Crippen molar-refractivity contribution in [2.75, 3.05) is 0 Å². The number of hydrogen-bond acceptors (Lipinski definition) is 4. The molecule has 144 valence electrons. The van der Waals surface area contributed by atoms with Gasteiger partial charge in [0.2, 0.25) is 0 Å². The van der Waals surface area contributed by atoms with Gasteiger partial charge < -0.3 is 0 Å². The van der Waals surface area contributed by atoms with Crippen LogP contribution in [-0.2, 0) is 6.42 Å². The van der Waals surface area contributed by atoms with Crippen LogP contribution in [0.1, 0.15) is 31.5 Å². The summed E-state index contributed by atoms with van der Waals surface area (Å²) in [4.78, 5) is 28.1. The summed E-state index contributed by atoms with van der Waals surface area (Å²) in [5, 5.41) is 14.0. The molecule has 0 atom stereocenters. The van der Waals surface area contributed by atoms with Gasteiger partial charge in [0.1, 0.15) is 0 Å². The van der Waals surface area contributed by atoms with E-state index in [1.54, 1.807) is 12.1 Å². The third kappa shape index (κ3) is 4.12. The fourth-order valence-electron chi connectivity index (χ4n) is 2.99. The first kappa shape index (κ1) is 19.8. The Balaban J connectivity index is 2.08. The second-order valence-electron chi connectivity index (χ2n) is 6.31. The Bertz CT molecular complexity index is 1100. The highest BCUT2D eigenvalue weighted by Crippen LogP contribution is 2.21. The van der Waals surface area contributed by atoms with Gasteiger partial charge in [-0.1, -0.05) is 35.3 Å². The molecule has 1 N–H and O–H groups in total. The molecule has 0 aliphatic rings. The molecule has 2 aromatic carbocycles. The summed E-state index contributed by atoms with van der Waals surface area (Å²) in [6, 6.07) is 13.4. The van der Waals surface area contributed by atoms with Crippen molar-refractivity contribution >= 4 is 33.0 Å². The summed E-state index contributed by atoms with van der Waals surface area (Å²) in [5.41, 5.74) is 2.97. The van der Waals surface area contributed by atoms with E-state index in [0.29, 0.717) is 23.4 Å². The van der Waals surface area contributed by atoms with E-state index in [0.717, 1.165) is 22.3 Å². The summed E-state index contributed by atoms with van der Waals surface area (Å²) in [6.45, 7) is 3.84. The fourth-order valence-corrected chi connectivity index (χ4v) is 3.37. The first-order valence-electron chi connectivity index (χ1n) is 8.80. The molecule has 0 saturated heterocycles. The minimum absolute atomic E-state index is 0.0234. The lowest BCUT2D eigenvalue weighted by molar-refractivity contribution is -0.384. The lowest BCUT2D eigenvalue weighted by atomic mass is 10.1. The zero-order valence-corrected chi connectivity index (χ0v) is 17.1. The number of hydrogen-bond donors (Lipinski definition) is 1. The second-order valence-corrected chi connectivity index (χ2v) is 7.22. The van der Waals surface area contributed by atoms with Crippen LogP contribution in [0.2, 0.25) is 0 Å². The number of nitro groups is 1. The minimum Gasteiger partial charge on any atom is -0.294 e. The number of non-ortho nitro benzene ring substituents is 1. The van der Waals surface area contributed by atoms with Gasteiger partial charge in [-0.25, -0.2) is 4.68 Å². The van der Waals surface area contributed by atoms with Crippen LogP contribution in [0, 0.1) is 10.1 Å². The average Bonchev–Trinajstić information content (AvgIpc) is 2.98. The van der Waals surface area contributed by atoms with E-state index in [1.807, 2.05) is 38.1 Å². The van der Waals surface area contributed by atoms with Crippen molar-refractivity contribution in [2.45, 2.75) is 26.7 Å². The molecule has 1 aromatic heterocycles. The van der Waals surface area contributed by atoms with Crippen molar-refractivity contribution in [2.24, 2.45) is 4.99 Å². The number of aliphatic imine (C=N–C) groups is 1. The van der Waals surface area contributed by atoms with Crippen molar-refractivity contribution < 1.29 is 4.92 Å². The number of aromatic amines is 1. The van der Waals surface area contributed by atoms with Gasteiger partial charge in [-0.05, 0) is 43.7 Å². The Morgan fingerprint density at radius 1 is 1.25 bits per heavy atom. The molecular weight excluding hydrogens is 424 g/mol. The highest BCUT2D eigenvalue weighted by molar-refractivity contribution is 9.10. The van der Waals surface area contributed by atoms with Gasteiger partial charge in [-0.15, -0.1) is 0 Å². The SMILES string of the molecule is CCCc1[nH]n(-c2ccc([N+](=O)[O-])cc2)c(=O)c1C(C)=Nc1cccc(Br)c1. The van der Waals surface area contributed by atoms with E-state index >= 15 is 0 Å². The second kappa shape index (κ2) is 8.35. The van der Waals surface area contributed by atoms with Gasteiger partial charge in [-0.3, -0.25) is 25.0 Å². The predicted octanol–water partition coefficient (Wildman–Crippen LogP) is 4.93. The molecule has 0 aliphatic carbocycles. The summed E-state index contributed by atoms with van der Waals surface area (Å²) in [7, 11) is 0. The lowest BCUT2D eigenvalue weighted by Crippen LogP contribution is -2.19. The molecule has 0 bridgehead atoms. The van der Waals surface area contributed by atoms with Crippen LogP contribution in [0.25, 0.3) is 5.69 Å². The Morgan fingerprint density at radius 2 is 1.96 bits per heavy atom. The summed E-state index contributed by atoms with van der Waals surface area (Å²) in [6.07, 6.45) is 1.55. The first-order chi connectivity index (χ1) is 13.4. The molecule has 28 heavy (non-hydrogen) atoms. The molecule has 0 unspecified atom stereocenters. The van der Waals surface area contributed by atoms with Crippen molar-refractivity contribution in [3.8, 4) is 5.69 Å². The third-order valence-corrected chi connectivity index (χ3v) is 4.74. The molecule has 0 spiro atoms. The highest BCUT2D eigenvalue weighted by Gasteiger charge is 2.18. The quantitative estimate of drug-likeness (QED) is 0.333. The Morgan fingerprint density at radius 3 is 2.57 bits per heavy atom. The standard InChI is InChI=1S/C20H19BrN4O3/c1-3-5-18-19(13(2)22-15-7-4-6-14(21)12-15)20(26)24(23-18)16-8-10-17(11-9-16)25(27)28/h4,6-12,23H,3,5H2,1-2H3. The monoisotopic (exact) mass is 442 g/mol. The topological polar surface area (TPSA) is 93.3 Å². The maximum Gasteiger partial charge on any atom is 0.280 e. The van der Waals surface area contributed by atoms with E-state index in [-0.39, 0.29) is 11.2 Å². The molecule has 8 heteroatoms. The van der Waals surface area contributed by atoms with E-state index in [2.05, 4.69) is 26.0 Å². The maximum atomic E-state index is 13.1. The molecule has 7 nitrogen and oxygen atoms in total. The van der Waals surface area contributed by atoms with Crippen molar-refractivity contribution in [1.82, 2.24) is 9.78 Å². The van der Waals surface area contributed by atoms with Crippen LogP contribution in [0.3, 0.4) is 0 Å². The number of rotatable bonds is 6. The van der Waals surface area contributed by atoms with E-state index in [4.69, 9.17) is 0 Å². The smallest absolute Gasteiger partial charge is 0.280 e. The van der Waals surface area contributed by atoms with Gasteiger partial charge in [-0.2, -0.15) is 0 Å². The summed E-state index contributed by atoms with van der Waals surface area (Å²) in [5.74, 6) is 0. The Hall–Kier alpha value is -3.00. The van der Waals surface area contributed by atoms with Gasteiger partial charge in [0.25, 0.3) is 11.2 Å². The van der Waals surface area contributed by atoms with Crippen LogP contribution < -0.4 is 5.56 Å². The van der Waals surface area contributed by atoms with Crippen LogP contribution in [-0.4, -0.2) is 20.4 Å². The van der Waals surface area contributed by atoms with Crippen LogP contribution in [0.4, 0.5) is 11.4 Å². The maximum absolute atomic E-state index is 13.1. The van der Waals surface area contributed by atoms with Gasteiger partial charge >= 0.3 is 0 Å². The number of H-pyrrole nitrogens is 1. The summed E-state index contributed by atoms with van der Waals surface area (Å²) < 4.78 is 2.32.